The molecular formula is C15H30N2O2S. The Kier molecular flexibility index (Phi) is 8.38. The summed E-state index contributed by atoms with van der Waals surface area (Å²) in [5.74, 6) is 3.27. The average molecular weight is 302 g/mol. The third-order valence-corrected chi connectivity index (χ3v) is 5.10. The molecule has 20 heavy (non-hydrogen) atoms. The summed E-state index contributed by atoms with van der Waals surface area (Å²) in [6.07, 6.45) is 2.72. The Hall–Kier alpha value is -0.420. The molecule has 1 saturated heterocycles. The van der Waals surface area contributed by atoms with Crippen molar-refractivity contribution >= 4 is 17.8 Å². The largest absolute Gasteiger partial charge is 0.393 e. The number of urea groups is 1. The van der Waals surface area contributed by atoms with Gasteiger partial charge in [-0.2, -0.15) is 11.8 Å². The number of hydrogen-bond donors (Lipinski definition) is 2. The maximum atomic E-state index is 12.0. The molecule has 0 saturated carbocycles. The molecule has 2 N–H and O–H groups in total. The molecule has 2 atom stereocenters. The van der Waals surface area contributed by atoms with Gasteiger partial charge in [-0.3, -0.25) is 0 Å². The van der Waals surface area contributed by atoms with Gasteiger partial charge >= 0.3 is 6.03 Å². The van der Waals surface area contributed by atoms with Gasteiger partial charge in [-0.25, -0.2) is 4.79 Å². The molecule has 1 rings (SSSR count). The summed E-state index contributed by atoms with van der Waals surface area (Å²) in [5, 5.41) is 12.6. The van der Waals surface area contributed by atoms with Crippen molar-refractivity contribution in [1.29, 1.82) is 0 Å². The van der Waals surface area contributed by atoms with Crippen LogP contribution in [0.15, 0.2) is 0 Å². The van der Waals surface area contributed by atoms with Crippen LogP contribution in [-0.2, 0) is 0 Å². The predicted octanol–water partition coefficient (Wildman–Crippen LogP) is 2.57. The predicted molar refractivity (Wildman–Crippen MR) is 86.2 cm³/mol. The zero-order valence-electron chi connectivity index (χ0n) is 13.1. The van der Waals surface area contributed by atoms with E-state index in [1.165, 1.54) is 5.75 Å². The number of thioether (sulfide) groups is 1. The first kappa shape index (κ1) is 17.6. The highest BCUT2D eigenvalue weighted by atomic mass is 32.2. The molecule has 1 aliphatic rings. The summed E-state index contributed by atoms with van der Waals surface area (Å²) in [6, 6.07) is 0.0317. The molecule has 0 aromatic rings. The summed E-state index contributed by atoms with van der Waals surface area (Å²) < 4.78 is 0. The van der Waals surface area contributed by atoms with Crippen LogP contribution in [0.4, 0.5) is 4.79 Å². The van der Waals surface area contributed by atoms with Gasteiger partial charge in [0, 0.05) is 25.6 Å². The van der Waals surface area contributed by atoms with Crippen LogP contribution < -0.4 is 5.32 Å². The maximum Gasteiger partial charge on any atom is 0.317 e. The summed E-state index contributed by atoms with van der Waals surface area (Å²) in [7, 11) is 0. The van der Waals surface area contributed by atoms with Gasteiger partial charge in [-0.15, -0.1) is 0 Å². The fourth-order valence-electron chi connectivity index (χ4n) is 2.39. The minimum Gasteiger partial charge on any atom is -0.393 e. The number of carbonyl (C=O) groups is 1. The normalized spacial score (nSPS) is 21.1. The Morgan fingerprint density at radius 1 is 1.45 bits per heavy atom. The van der Waals surface area contributed by atoms with Crippen molar-refractivity contribution in [2.75, 3.05) is 31.1 Å². The molecule has 118 valence electrons. The number of amides is 2. The average Bonchev–Trinajstić information content (AvgIpc) is 2.42. The molecule has 0 aromatic carbocycles. The van der Waals surface area contributed by atoms with E-state index in [1.807, 2.05) is 23.6 Å². The monoisotopic (exact) mass is 302 g/mol. The van der Waals surface area contributed by atoms with Gasteiger partial charge in [-0.1, -0.05) is 13.8 Å². The van der Waals surface area contributed by atoms with Crippen molar-refractivity contribution in [3.05, 3.63) is 0 Å². The molecule has 0 bridgehead atoms. The number of nitrogens with zero attached hydrogens (tertiary/aromatic N) is 1. The molecule has 4 nitrogen and oxygen atoms in total. The van der Waals surface area contributed by atoms with E-state index in [0.717, 1.165) is 44.0 Å². The number of aliphatic hydroxyl groups is 1. The summed E-state index contributed by atoms with van der Waals surface area (Å²) in [4.78, 5) is 13.9. The Labute approximate surface area is 127 Å². The summed E-state index contributed by atoms with van der Waals surface area (Å²) in [6.45, 7) is 8.52. The van der Waals surface area contributed by atoms with Crippen LogP contribution in [-0.4, -0.2) is 53.3 Å². The van der Waals surface area contributed by atoms with E-state index >= 15 is 0 Å². The molecule has 1 aliphatic heterocycles. The molecule has 0 aliphatic carbocycles. The van der Waals surface area contributed by atoms with Gasteiger partial charge in [-0.05, 0) is 43.6 Å². The van der Waals surface area contributed by atoms with Gasteiger partial charge in [0.1, 0.15) is 0 Å². The zero-order chi connectivity index (χ0) is 15.0. The van der Waals surface area contributed by atoms with E-state index in [0.29, 0.717) is 6.54 Å². The number of nitrogens with one attached hydrogen (secondary N) is 1. The SMILES string of the molecule is CC(C)CSCCCNC(=O)N1CCCC(C(C)O)C1. The topological polar surface area (TPSA) is 52.6 Å². The van der Waals surface area contributed by atoms with E-state index in [9.17, 15) is 9.90 Å². The Balaban J connectivity index is 2.13. The number of aliphatic hydroxyl groups excluding tert-OH is 1. The first-order valence-corrected chi connectivity index (χ1v) is 8.94. The molecule has 1 heterocycles. The van der Waals surface area contributed by atoms with Crippen LogP contribution in [0.1, 0.15) is 40.0 Å². The maximum absolute atomic E-state index is 12.0. The quantitative estimate of drug-likeness (QED) is 0.711. The van der Waals surface area contributed by atoms with Crippen molar-refractivity contribution in [2.45, 2.75) is 46.1 Å². The fraction of sp³-hybridized carbons (Fsp3) is 0.933. The second-order valence-electron chi connectivity index (χ2n) is 6.14. The molecule has 0 spiro atoms. The van der Waals surface area contributed by atoms with Crippen LogP contribution >= 0.6 is 11.8 Å². The van der Waals surface area contributed by atoms with Gasteiger partial charge in [0.25, 0.3) is 0 Å². The minimum absolute atomic E-state index is 0.0317. The Bertz CT molecular complexity index is 285. The lowest BCUT2D eigenvalue weighted by Crippen LogP contribution is -2.47. The molecular weight excluding hydrogens is 272 g/mol. The summed E-state index contributed by atoms with van der Waals surface area (Å²) >= 11 is 1.95. The fourth-order valence-corrected chi connectivity index (χ4v) is 3.38. The Morgan fingerprint density at radius 3 is 2.85 bits per heavy atom. The number of likely N-dealkylation sites (tertiary alicyclic amines) is 1. The van der Waals surface area contributed by atoms with Crippen LogP contribution in [0.5, 0.6) is 0 Å². The first-order chi connectivity index (χ1) is 9.50. The van der Waals surface area contributed by atoms with Crippen molar-refractivity contribution in [1.82, 2.24) is 10.2 Å². The lowest BCUT2D eigenvalue weighted by molar-refractivity contribution is 0.0740. The second kappa shape index (κ2) is 9.50. The number of piperidine rings is 1. The smallest absolute Gasteiger partial charge is 0.317 e. The molecule has 1 fully saturated rings. The van der Waals surface area contributed by atoms with Gasteiger partial charge < -0.3 is 15.3 Å². The highest BCUT2D eigenvalue weighted by Gasteiger charge is 2.26. The molecule has 2 unspecified atom stereocenters. The molecule has 0 radical (unpaired) electrons. The van der Waals surface area contributed by atoms with Crippen molar-refractivity contribution in [2.24, 2.45) is 11.8 Å². The van der Waals surface area contributed by atoms with Crippen LogP contribution in [0.3, 0.4) is 0 Å². The first-order valence-electron chi connectivity index (χ1n) is 7.79. The van der Waals surface area contributed by atoms with E-state index in [2.05, 4.69) is 19.2 Å². The third kappa shape index (κ3) is 6.84. The van der Waals surface area contributed by atoms with Gasteiger partial charge in [0.2, 0.25) is 0 Å². The van der Waals surface area contributed by atoms with Gasteiger partial charge in [0.05, 0.1) is 6.10 Å². The summed E-state index contributed by atoms with van der Waals surface area (Å²) in [5.41, 5.74) is 0. The van der Waals surface area contributed by atoms with Gasteiger partial charge in [0.15, 0.2) is 0 Å². The molecule has 5 heteroatoms. The number of carbonyl (C=O) groups excluding carboxylic acids is 1. The Morgan fingerprint density at radius 2 is 2.20 bits per heavy atom. The minimum atomic E-state index is -0.321. The van der Waals surface area contributed by atoms with E-state index < -0.39 is 0 Å². The van der Waals surface area contributed by atoms with E-state index in [4.69, 9.17) is 0 Å². The number of rotatable bonds is 7. The van der Waals surface area contributed by atoms with Crippen LogP contribution in [0, 0.1) is 11.8 Å². The van der Waals surface area contributed by atoms with E-state index in [1.54, 1.807) is 0 Å². The van der Waals surface area contributed by atoms with Crippen molar-refractivity contribution in [3.63, 3.8) is 0 Å². The lowest BCUT2D eigenvalue weighted by Gasteiger charge is -2.34. The van der Waals surface area contributed by atoms with Crippen molar-refractivity contribution < 1.29 is 9.90 Å². The standard InChI is InChI=1S/C15H30N2O2S/c1-12(2)11-20-9-5-7-16-15(19)17-8-4-6-14(10-17)13(3)18/h12-14,18H,4-11H2,1-3H3,(H,16,19). The number of hydrogen-bond acceptors (Lipinski definition) is 3. The van der Waals surface area contributed by atoms with E-state index in [-0.39, 0.29) is 18.1 Å². The van der Waals surface area contributed by atoms with Crippen LogP contribution in [0.25, 0.3) is 0 Å². The van der Waals surface area contributed by atoms with Crippen molar-refractivity contribution in [3.8, 4) is 0 Å². The zero-order valence-corrected chi connectivity index (χ0v) is 13.9. The van der Waals surface area contributed by atoms with Crippen LogP contribution in [0.2, 0.25) is 0 Å². The molecule has 0 aromatic heterocycles. The second-order valence-corrected chi connectivity index (χ2v) is 7.29. The molecule has 2 amide bonds. The lowest BCUT2D eigenvalue weighted by atomic mass is 9.94. The highest BCUT2D eigenvalue weighted by molar-refractivity contribution is 7.99. The highest BCUT2D eigenvalue weighted by Crippen LogP contribution is 2.19. The third-order valence-electron chi connectivity index (χ3n) is 3.62.